The second kappa shape index (κ2) is 11.9. The summed E-state index contributed by atoms with van der Waals surface area (Å²) in [6.07, 6.45) is 1.78. The minimum absolute atomic E-state index is 0.0208. The molecule has 9 nitrogen and oxygen atoms in total. The summed E-state index contributed by atoms with van der Waals surface area (Å²) in [5.74, 6) is -2.59. The lowest BCUT2D eigenvalue weighted by Gasteiger charge is -2.07. The largest absolute Gasteiger partial charge is 0.480 e. The molecular weight excluding hydrogens is 294 g/mol. The van der Waals surface area contributed by atoms with Crippen molar-refractivity contribution in [2.75, 3.05) is 6.54 Å². The Bertz CT molecular complexity index is 342. The van der Waals surface area contributed by atoms with Crippen molar-refractivity contribution in [2.24, 2.45) is 17.4 Å². The van der Waals surface area contributed by atoms with Crippen molar-refractivity contribution < 1.29 is 29.7 Å². The van der Waals surface area contributed by atoms with Crippen LogP contribution in [0.2, 0.25) is 0 Å². The molecular formula is C13H27N3O6. The smallest absolute Gasteiger partial charge is 0.320 e. The summed E-state index contributed by atoms with van der Waals surface area (Å²) in [4.78, 5) is 29.7. The van der Waals surface area contributed by atoms with Crippen LogP contribution in [0.4, 0.5) is 0 Å². The molecule has 0 radical (unpaired) electrons. The predicted molar refractivity (Wildman–Crippen MR) is 80.4 cm³/mol. The molecule has 1 aliphatic heterocycles. The van der Waals surface area contributed by atoms with Gasteiger partial charge >= 0.3 is 17.9 Å². The molecule has 0 bridgehead atoms. The molecule has 0 aromatic carbocycles. The molecule has 0 aliphatic carbocycles. The van der Waals surface area contributed by atoms with Crippen LogP contribution in [0.25, 0.3) is 0 Å². The Kier molecular flexibility index (Phi) is 12.2. The van der Waals surface area contributed by atoms with Crippen LogP contribution in [0.3, 0.4) is 0 Å². The fourth-order valence-corrected chi connectivity index (χ4v) is 1.18. The van der Waals surface area contributed by atoms with Crippen molar-refractivity contribution in [3.05, 3.63) is 0 Å². The minimum atomic E-state index is -0.963. The van der Waals surface area contributed by atoms with E-state index in [-0.39, 0.29) is 12.0 Å². The van der Waals surface area contributed by atoms with Gasteiger partial charge in [0.05, 0.1) is 0 Å². The Labute approximate surface area is 129 Å². The summed E-state index contributed by atoms with van der Waals surface area (Å²) >= 11 is 0. The molecule has 8 N–H and O–H groups in total. The van der Waals surface area contributed by atoms with Crippen molar-refractivity contribution in [3.8, 4) is 0 Å². The molecule has 0 aromatic heterocycles. The SMILES string of the molecule is CC(C)C(N)C(=O)O.CC(N)C(=O)O.O=C(O)[C@@H]1CCCN1. The van der Waals surface area contributed by atoms with Crippen LogP contribution in [0.1, 0.15) is 33.6 Å². The molecule has 0 saturated carbocycles. The maximum absolute atomic E-state index is 10.1. The molecule has 9 heteroatoms. The Morgan fingerprint density at radius 1 is 1.05 bits per heavy atom. The van der Waals surface area contributed by atoms with Gasteiger partial charge in [0.1, 0.15) is 18.1 Å². The normalized spacial score (nSPS) is 19.1. The zero-order valence-corrected chi connectivity index (χ0v) is 13.2. The van der Waals surface area contributed by atoms with Gasteiger partial charge in [-0.15, -0.1) is 0 Å². The average Bonchev–Trinajstić information content (AvgIpc) is 2.92. The van der Waals surface area contributed by atoms with Crippen LogP contribution in [-0.2, 0) is 14.4 Å². The molecule has 2 unspecified atom stereocenters. The van der Waals surface area contributed by atoms with E-state index in [4.69, 9.17) is 26.8 Å². The lowest BCUT2D eigenvalue weighted by molar-refractivity contribution is -0.140. The Balaban J connectivity index is 0. The number of carboxylic acid groups (broad SMARTS) is 3. The third-order valence-electron chi connectivity index (χ3n) is 2.75. The molecule has 0 spiro atoms. The van der Waals surface area contributed by atoms with Gasteiger partial charge in [-0.25, -0.2) is 0 Å². The van der Waals surface area contributed by atoms with Crippen molar-refractivity contribution in [3.63, 3.8) is 0 Å². The average molecular weight is 321 g/mol. The molecule has 1 fully saturated rings. The summed E-state index contributed by atoms with van der Waals surface area (Å²) in [6.45, 7) is 5.83. The van der Waals surface area contributed by atoms with E-state index in [9.17, 15) is 14.4 Å². The summed E-state index contributed by atoms with van der Waals surface area (Å²) in [5.41, 5.74) is 10.00. The van der Waals surface area contributed by atoms with Crippen LogP contribution >= 0.6 is 0 Å². The Hall–Kier alpha value is -1.71. The van der Waals surface area contributed by atoms with Crippen LogP contribution < -0.4 is 16.8 Å². The fourth-order valence-electron chi connectivity index (χ4n) is 1.18. The Morgan fingerprint density at radius 2 is 1.50 bits per heavy atom. The molecule has 130 valence electrons. The van der Waals surface area contributed by atoms with E-state index in [2.05, 4.69) is 5.32 Å². The number of carboxylic acids is 3. The zero-order valence-electron chi connectivity index (χ0n) is 13.2. The highest BCUT2D eigenvalue weighted by Crippen LogP contribution is 2.03. The Morgan fingerprint density at radius 3 is 1.59 bits per heavy atom. The molecule has 1 heterocycles. The summed E-state index contributed by atoms with van der Waals surface area (Å²) in [7, 11) is 0. The fraction of sp³-hybridized carbons (Fsp3) is 0.769. The highest BCUT2D eigenvalue weighted by Gasteiger charge is 2.20. The van der Waals surface area contributed by atoms with Gasteiger partial charge in [-0.1, -0.05) is 13.8 Å². The monoisotopic (exact) mass is 321 g/mol. The van der Waals surface area contributed by atoms with Gasteiger partial charge in [0.2, 0.25) is 0 Å². The van der Waals surface area contributed by atoms with Gasteiger partial charge in [0.25, 0.3) is 0 Å². The van der Waals surface area contributed by atoms with Gasteiger partial charge in [-0.05, 0) is 32.2 Å². The first-order chi connectivity index (χ1) is 10.0. The van der Waals surface area contributed by atoms with E-state index in [0.717, 1.165) is 19.4 Å². The molecule has 1 aliphatic rings. The highest BCUT2D eigenvalue weighted by atomic mass is 16.4. The third kappa shape index (κ3) is 12.1. The minimum Gasteiger partial charge on any atom is -0.480 e. The van der Waals surface area contributed by atoms with Gasteiger partial charge in [0, 0.05) is 0 Å². The second-order valence-corrected chi connectivity index (χ2v) is 5.22. The molecule has 1 rings (SSSR count). The summed E-state index contributed by atoms with van der Waals surface area (Å²) in [6, 6.07) is -1.71. The topological polar surface area (TPSA) is 176 Å². The van der Waals surface area contributed by atoms with Gasteiger partial charge in [-0.3, -0.25) is 14.4 Å². The third-order valence-corrected chi connectivity index (χ3v) is 2.75. The first-order valence-corrected chi connectivity index (χ1v) is 6.93. The number of aliphatic carboxylic acids is 3. The van der Waals surface area contributed by atoms with E-state index >= 15 is 0 Å². The summed E-state index contributed by atoms with van der Waals surface area (Å²) < 4.78 is 0. The van der Waals surface area contributed by atoms with E-state index in [1.54, 1.807) is 13.8 Å². The number of nitrogens with two attached hydrogens (primary N) is 2. The van der Waals surface area contributed by atoms with Gasteiger partial charge in [-0.2, -0.15) is 0 Å². The molecule has 0 aromatic rings. The quantitative estimate of drug-likeness (QED) is 0.390. The van der Waals surface area contributed by atoms with Crippen LogP contribution in [0, 0.1) is 5.92 Å². The van der Waals surface area contributed by atoms with Crippen molar-refractivity contribution in [2.45, 2.75) is 51.7 Å². The number of hydrogen-bond donors (Lipinski definition) is 6. The van der Waals surface area contributed by atoms with Crippen LogP contribution in [-0.4, -0.2) is 57.9 Å². The molecule has 1 saturated heterocycles. The van der Waals surface area contributed by atoms with E-state index < -0.39 is 30.0 Å². The second-order valence-electron chi connectivity index (χ2n) is 5.22. The standard InChI is InChI=1S/C5H9NO2.C5H11NO2.C3H7NO2/c7-5(8)4-2-1-3-6-4;1-3(2)4(6)5(7)8;1-2(4)3(5)6/h4,6H,1-3H2,(H,7,8);3-4H,6H2,1-2H3,(H,7,8);2H,4H2,1H3,(H,5,6)/t4-;;/m0../s1. The first-order valence-electron chi connectivity index (χ1n) is 6.93. The number of nitrogens with one attached hydrogen (secondary N) is 1. The molecule has 0 amide bonds. The zero-order chi connectivity index (χ0) is 17.9. The molecule has 3 atom stereocenters. The maximum atomic E-state index is 10.1. The van der Waals surface area contributed by atoms with E-state index in [1.165, 1.54) is 6.92 Å². The van der Waals surface area contributed by atoms with Gasteiger partial charge < -0.3 is 32.1 Å². The van der Waals surface area contributed by atoms with Crippen molar-refractivity contribution in [1.82, 2.24) is 5.32 Å². The lowest BCUT2D eigenvalue weighted by Crippen LogP contribution is -2.34. The van der Waals surface area contributed by atoms with E-state index in [0.29, 0.717) is 0 Å². The lowest BCUT2D eigenvalue weighted by atomic mass is 10.1. The van der Waals surface area contributed by atoms with Gasteiger partial charge in [0.15, 0.2) is 0 Å². The number of carbonyl (C=O) groups is 3. The van der Waals surface area contributed by atoms with Crippen LogP contribution in [0.15, 0.2) is 0 Å². The molecule has 22 heavy (non-hydrogen) atoms. The number of rotatable bonds is 4. The van der Waals surface area contributed by atoms with Crippen LogP contribution in [0.5, 0.6) is 0 Å². The summed E-state index contributed by atoms with van der Waals surface area (Å²) in [5, 5.41) is 27.3. The van der Waals surface area contributed by atoms with Crippen molar-refractivity contribution >= 4 is 17.9 Å². The predicted octanol–water partition coefficient (Wildman–Crippen LogP) is -0.704. The number of hydrogen-bond acceptors (Lipinski definition) is 6. The highest BCUT2D eigenvalue weighted by molar-refractivity contribution is 5.74. The van der Waals surface area contributed by atoms with E-state index in [1.807, 2.05) is 0 Å². The first kappa shape index (κ1) is 22.6. The van der Waals surface area contributed by atoms with Crippen molar-refractivity contribution in [1.29, 1.82) is 0 Å². The maximum Gasteiger partial charge on any atom is 0.320 e.